The van der Waals surface area contributed by atoms with E-state index >= 15 is 0 Å². The fraction of sp³-hybridized carbons (Fsp3) is 0.250. The molecule has 0 spiro atoms. The Bertz CT molecular complexity index is 1060. The van der Waals surface area contributed by atoms with E-state index < -0.39 is 10.0 Å². The fourth-order valence-corrected chi connectivity index (χ4v) is 4.49. The number of sulfonamides is 1. The van der Waals surface area contributed by atoms with E-state index in [4.69, 9.17) is 9.47 Å². The second-order valence-corrected chi connectivity index (χ2v) is 8.82. The van der Waals surface area contributed by atoms with E-state index in [1.165, 1.54) is 11.3 Å². The van der Waals surface area contributed by atoms with Gasteiger partial charge in [0.05, 0.1) is 24.4 Å². The van der Waals surface area contributed by atoms with Crippen molar-refractivity contribution in [1.29, 1.82) is 0 Å². The van der Waals surface area contributed by atoms with Crippen LogP contribution in [-0.2, 0) is 16.6 Å². The van der Waals surface area contributed by atoms with Gasteiger partial charge in [-0.2, -0.15) is 0 Å². The highest BCUT2D eigenvalue weighted by Gasteiger charge is 2.21. The number of methoxy groups -OCH3 is 1. The lowest BCUT2D eigenvalue weighted by molar-refractivity contribution is 0.331. The summed E-state index contributed by atoms with van der Waals surface area (Å²) in [6.07, 6.45) is 0. The molecule has 8 heteroatoms. The Balaban J connectivity index is 1.91. The van der Waals surface area contributed by atoms with Crippen molar-refractivity contribution in [3.8, 4) is 22.8 Å². The minimum Gasteiger partial charge on any atom is -0.497 e. The predicted octanol–water partition coefficient (Wildman–Crippen LogP) is 4.00. The summed E-state index contributed by atoms with van der Waals surface area (Å²) in [6.45, 7) is 4.24. The van der Waals surface area contributed by atoms with Gasteiger partial charge in [-0.1, -0.05) is 12.1 Å². The molecule has 0 aliphatic rings. The molecule has 0 unspecified atom stereocenters. The molecule has 1 aromatic heterocycles. The summed E-state index contributed by atoms with van der Waals surface area (Å²) in [7, 11) is -2.22. The van der Waals surface area contributed by atoms with E-state index in [2.05, 4.69) is 9.71 Å². The second-order valence-electron chi connectivity index (χ2n) is 6.02. The number of hydrogen-bond donors (Lipinski definition) is 1. The van der Waals surface area contributed by atoms with Gasteiger partial charge in [-0.3, -0.25) is 0 Å². The highest BCUT2D eigenvalue weighted by Crippen LogP contribution is 2.31. The standard InChI is InChI=1S/C20H22N2O4S2/c1-4-26-19-9-8-16(18-13-27-14(2)22-18)11-20(19)28(23,24)21-12-15-6-5-7-17(10-15)25-3/h5-11,13,21H,4,12H2,1-3H3. The number of aryl methyl sites for hydroxylation is 1. The van der Waals surface area contributed by atoms with E-state index in [0.717, 1.165) is 21.8 Å². The molecular formula is C20H22N2O4S2. The highest BCUT2D eigenvalue weighted by molar-refractivity contribution is 7.89. The van der Waals surface area contributed by atoms with Crippen LogP contribution in [0.15, 0.2) is 52.7 Å². The van der Waals surface area contributed by atoms with Crippen LogP contribution in [0.4, 0.5) is 0 Å². The molecule has 0 radical (unpaired) electrons. The maximum atomic E-state index is 13.0. The molecule has 0 aliphatic carbocycles. The average Bonchev–Trinajstić information content (AvgIpc) is 3.13. The van der Waals surface area contributed by atoms with Crippen molar-refractivity contribution in [3.05, 3.63) is 58.4 Å². The predicted molar refractivity (Wildman–Crippen MR) is 110 cm³/mol. The van der Waals surface area contributed by atoms with Gasteiger partial charge in [-0.15, -0.1) is 11.3 Å². The highest BCUT2D eigenvalue weighted by atomic mass is 32.2. The van der Waals surface area contributed by atoms with Gasteiger partial charge in [0.25, 0.3) is 0 Å². The third-order valence-electron chi connectivity index (χ3n) is 4.05. The molecule has 0 fully saturated rings. The molecule has 6 nitrogen and oxygen atoms in total. The lowest BCUT2D eigenvalue weighted by Gasteiger charge is -2.13. The minimum absolute atomic E-state index is 0.0976. The lowest BCUT2D eigenvalue weighted by Crippen LogP contribution is -2.24. The minimum atomic E-state index is -3.79. The van der Waals surface area contributed by atoms with Crippen molar-refractivity contribution in [2.24, 2.45) is 0 Å². The Morgan fingerprint density at radius 1 is 1.18 bits per heavy atom. The Kier molecular flexibility index (Phi) is 6.33. The van der Waals surface area contributed by atoms with Gasteiger partial charge in [0.15, 0.2) is 0 Å². The molecule has 0 saturated carbocycles. The first kappa shape index (κ1) is 20.3. The van der Waals surface area contributed by atoms with E-state index in [1.807, 2.05) is 43.5 Å². The first-order valence-electron chi connectivity index (χ1n) is 8.75. The molecule has 3 rings (SSSR count). The number of rotatable bonds is 8. The number of benzene rings is 2. The molecule has 0 bridgehead atoms. The SMILES string of the molecule is CCOc1ccc(-c2csc(C)n2)cc1S(=O)(=O)NCc1cccc(OC)c1. The maximum Gasteiger partial charge on any atom is 0.244 e. The molecule has 1 heterocycles. The maximum absolute atomic E-state index is 13.0. The molecular weight excluding hydrogens is 396 g/mol. The van der Waals surface area contributed by atoms with Crippen molar-refractivity contribution in [1.82, 2.24) is 9.71 Å². The van der Waals surface area contributed by atoms with Crippen molar-refractivity contribution in [2.75, 3.05) is 13.7 Å². The Morgan fingerprint density at radius 2 is 2.00 bits per heavy atom. The summed E-state index contributed by atoms with van der Waals surface area (Å²) in [4.78, 5) is 4.54. The number of nitrogens with zero attached hydrogens (tertiary/aromatic N) is 1. The topological polar surface area (TPSA) is 77.5 Å². The summed E-state index contributed by atoms with van der Waals surface area (Å²) in [6, 6.07) is 12.4. The molecule has 0 amide bonds. The normalized spacial score (nSPS) is 11.4. The van der Waals surface area contributed by atoms with Crippen molar-refractivity contribution >= 4 is 21.4 Å². The summed E-state index contributed by atoms with van der Waals surface area (Å²) < 4.78 is 39.4. The van der Waals surface area contributed by atoms with Crippen LogP contribution in [0.5, 0.6) is 11.5 Å². The van der Waals surface area contributed by atoms with Crippen molar-refractivity contribution < 1.29 is 17.9 Å². The Labute approximate surface area is 169 Å². The van der Waals surface area contributed by atoms with E-state index in [-0.39, 0.29) is 11.4 Å². The average molecular weight is 419 g/mol. The van der Waals surface area contributed by atoms with Crippen LogP contribution in [0.25, 0.3) is 11.3 Å². The number of hydrogen-bond acceptors (Lipinski definition) is 6. The fourth-order valence-electron chi connectivity index (χ4n) is 2.69. The number of ether oxygens (including phenoxy) is 2. The zero-order valence-electron chi connectivity index (χ0n) is 15.9. The van der Waals surface area contributed by atoms with Crippen LogP contribution in [0.2, 0.25) is 0 Å². The van der Waals surface area contributed by atoms with Crippen LogP contribution < -0.4 is 14.2 Å². The smallest absolute Gasteiger partial charge is 0.244 e. The molecule has 1 N–H and O–H groups in total. The number of aromatic nitrogens is 1. The van der Waals surface area contributed by atoms with Gasteiger partial charge in [-0.05, 0) is 49.7 Å². The van der Waals surface area contributed by atoms with Gasteiger partial charge in [0.2, 0.25) is 10.0 Å². The van der Waals surface area contributed by atoms with Gasteiger partial charge in [0.1, 0.15) is 16.4 Å². The van der Waals surface area contributed by atoms with Gasteiger partial charge >= 0.3 is 0 Å². The molecule has 0 atom stereocenters. The lowest BCUT2D eigenvalue weighted by atomic mass is 10.2. The molecule has 28 heavy (non-hydrogen) atoms. The second kappa shape index (κ2) is 8.72. The number of nitrogens with one attached hydrogen (secondary N) is 1. The summed E-state index contributed by atoms with van der Waals surface area (Å²) in [5, 5.41) is 2.83. The van der Waals surface area contributed by atoms with Gasteiger partial charge in [-0.25, -0.2) is 18.1 Å². The van der Waals surface area contributed by atoms with E-state index in [1.54, 1.807) is 25.3 Å². The summed E-state index contributed by atoms with van der Waals surface area (Å²) >= 11 is 1.52. The van der Waals surface area contributed by atoms with E-state index in [9.17, 15) is 8.42 Å². The quantitative estimate of drug-likeness (QED) is 0.598. The Hall–Kier alpha value is -2.42. The Morgan fingerprint density at radius 3 is 2.68 bits per heavy atom. The van der Waals surface area contributed by atoms with Crippen LogP contribution >= 0.6 is 11.3 Å². The first-order valence-corrected chi connectivity index (χ1v) is 11.1. The summed E-state index contributed by atoms with van der Waals surface area (Å²) in [5.74, 6) is 0.990. The molecule has 0 aliphatic heterocycles. The first-order chi connectivity index (χ1) is 13.4. The van der Waals surface area contributed by atoms with Gasteiger partial charge in [0, 0.05) is 17.5 Å². The molecule has 148 valence electrons. The third kappa shape index (κ3) is 4.70. The molecule has 2 aromatic carbocycles. The number of thiazole rings is 1. The zero-order chi connectivity index (χ0) is 20.1. The molecule has 3 aromatic rings. The van der Waals surface area contributed by atoms with Crippen molar-refractivity contribution in [2.45, 2.75) is 25.3 Å². The molecule has 0 saturated heterocycles. The zero-order valence-corrected chi connectivity index (χ0v) is 17.6. The van der Waals surface area contributed by atoms with Crippen LogP contribution in [-0.4, -0.2) is 27.1 Å². The largest absolute Gasteiger partial charge is 0.497 e. The van der Waals surface area contributed by atoms with Crippen molar-refractivity contribution in [3.63, 3.8) is 0 Å². The summed E-state index contributed by atoms with van der Waals surface area (Å²) in [5.41, 5.74) is 2.27. The third-order valence-corrected chi connectivity index (χ3v) is 6.24. The monoisotopic (exact) mass is 418 g/mol. The van der Waals surface area contributed by atoms with Crippen LogP contribution in [0.3, 0.4) is 0 Å². The van der Waals surface area contributed by atoms with Gasteiger partial charge < -0.3 is 9.47 Å². The van der Waals surface area contributed by atoms with Crippen LogP contribution in [0, 0.1) is 6.92 Å². The van der Waals surface area contributed by atoms with Crippen LogP contribution in [0.1, 0.15) is 17.5 Å². The van der Waals surface area contributed by atoms with E-state index in [0.29, 0.717) is 18.1 Å².